The van der Waals surface area contributed by atoms with Crippen molar-refractivity contribution in [2.45, 2.75) is 44.6 Å². The fourth-order valence-electron chi connectivity index (χ4n) is 2.46. The third-order valence-electron chi connectivity index (χ3n) is 3.49. The minimum Gasteiger partial charge on any atom is -0.314 e. The van der Waals surface area contributed by atoms with E-state index >= 15 is 0 Å². The maximum absolute atomic E-state index is 11.8. The topological polar surface area (TPSA) is 29.1 Å². The lowest BCUT2D eigenvalue weighted by Gasteiger charge is -2.22. The van der Waals surface area contributed by atoms with Gasteiger partial charge in [-0.05, 0) is 12.8 Å². The molecular weight excluding hydrogens is 246 g/mol. The Balaban J connectivity index is 0.00000162. The summed E-state index contributed by atoms with van der Waals surface area (Å²) in [6.45, 7) is 0.818. The molecule has 18 heavy (non-hydrogen) atoms. The van der Waals surface area contributed by atoms with Gasteiger partial charge in [0.1, 0.15) is 0 Å². The summed E-state index contributed by atoms with van der Waals surface area (Å²) in [5.74, 6) is 0.244. The number of carbonyl (C=O) groups excluding carboxylic acids is 1. The van der Waals surface area contributed by atoms with Gasteiger partial charge in [0, 0.05) is 24.6 Å². The Kier molecular flexibility index (Phi) is 6.99. The molecule has 100 valence electrons. The molecule has 0 amide bonds. The van der Waals surface area contributed by atoms with Crippen LogP contribution in [0, 0.1) is 0 Å². The quantitative estimate of drug-likeness (QED) is 0.826. The summed E-state index contributed by atoms with van der Waals surface area (Å²) in [4.78, 5) is 11.8. The number of rotatable bonds is 5. The molecule has 1 aromatic rings. The monoisotopic (exact) mass is 267 g/mol. The van der Waals surface area contributed by atoms with Gasteiger partial charge in [0.05, 0.1) is 0 Å². The first kappa shape index (κ1) is 15.2. The van der Waals surface area contributed by atoms with Gasteiger partial charge in [0.15, 0.2) is 5.78 Å². The zero-order valence-corrected chi connectivity index (χ0v) is 11.5. The molecule has 1 aliphatic rings. The van der Waals surface area contributed by atoms with Crippen molar-refractivity contribution in [1.82, 2.24) is 5.32 Å². The van der Waals surface area contributed by atoms with Crippen molar-refractivity contribution >= 4 is 18.2 Å². The fourth-order valence-corrected chi connectivity index (χ4v) is 2.46. The van der Waals surface area contributed by atoms with E-state index in [2.05, 4.69) is 5.32 Å². The van der Waals surface area contributed by atoms with Crippen LogP contribution in [0.3, 0.4) is 0 Å². The number of benzene rings is 1. The molecule has 0 atom stereocenters. The molecule has 3 heteroatoms. The van der Waals surface area contributed by atoms with Crippen molar-refractivity contribution in [3.63, 3.8) is 0 Å². The normalized spacial score (nSPS) is 16.0. The van der Waals surface area contributed by atoms with Crippen LogP contribution in [0.25, 0.3) is 0 Å². The number of nitrogens with one attached hydrogen (secondary N) is 1. The first-order valence-corrected chi connectivity index (χ1v) is 6.68. The first-order valence-electron chi connectivity index (χ1n) is 6.68. The standard InChI is InChI=1S/C15H21NO.ClH/c17-15(13-7-3-1-4-8-13)11-12-16-14-9-5-2-6-10-14;/h1,3-4,7-8,14,16H,2,5-6,9-12H2;1H. The molecule has 1 fully saturated rings. The van der Waals surface area contributed by atoms with Gasteiger partial charge in [-0.15, -0.1) is 12.4 Å². The third-order valence-corrected chi connectivity index (χ3v) is 3.49. The maximum Gasteiger partial charge on any atom is 0.164 e. The molecule has 0 bridgehead atoms. The lowest BCUT2D eigenvalue weighted by atomic mass is 9.95. The second kappa shape index (κ2) is 8.28. The number of carbonyl (C=O) groups is 1. The molecule has 1 aliphatic carbocycles. The van der Waals surface area contributed by atoms with E-state index in [0.717, 1.165) is 12.1 Å². The zero-order chi connectivity index (χ0) is 11.9. The number of hydrogen-bond acceptors (Lipinski definition) is 2. The lowest BCUT2D eigenvalue weighted by Crippen LogP contribution is -2.32. The highest BCUT2D eigenvalue weighted by atomic mass is 35.5. The Morgan fingerprint density at radius 2 is 1.78 bits per heavy atom. The molecule has 2 rings (SSSR count). The van der Waals surface area contributed by atoms with Gasteiger partial charge < -0.3 is 5.32 Å². The van der Waals surface area contributed by atoms with Gasteiger partial charge in [-0.25, -0.2) is 0 Å². The van der Waals surface area contributed by atoms with Gasteiger partial charge in [0.25, 0.3) is 0 Å². The summed E-state index contributed by atoms with van der Waals surface area (Å²) >= 11 is 0. The largest absolute Gasteiger partial charge is 0.314 e. The van der Waals surface area contributed by atoms with Gasteiger partial charge in [-0.2, -0.15) is 0 Å². The summed E-state index contributed by atoms with van der Waals surface area (Å²) < 4.78 is 0. The van der Waals surface area contributed by atoms with Crippen LogP contribution in [0.5, 0.6) is 0 Å². The summed E-state index contributed by atoms with van der Waals surface area (Å²) in [5.41, 5.74) is 0.831. The summed E-state index contributed by atoms with van der Waals surface area (Å²) in [5, 5.41) is 3.50. The Hall–Kier alpha value is -0.860. The lowest BCUT2D eigenvalue weighted by molar-refractivity contribution is 0.0981. The average Bonchev–Trinajstić information content (AvgIpc) is 2.41. The van der Waals surface area contributed by atoms with Crippen molar-refractivity contribution in [3.05, 3.63) is 35.9 Å². The van der Waals surface area contributed by atoms with Crippen LogP contribution in [0.1, 0.15) is 48.9 Å². The molecule has 0 radical (unpaired) electrons. The summed E-state index contributed by atoms with van der Waals surface area (Å²) in [6, 6.07) is 10.2. The van der Waals surface area contributed by atoms with Gasteiger partial charge >= 0.3 is 0 Å². The van der Waals surface area contributed by atoms with Crippen LogP contribution in [0.15, 0.2) is 30.3 Å². The summed E-state index contributed by atoms with van der Waals surface area (Å²) in [6.07, 6.45) is 7.22. The highest BCUT2D eigenvalue weighted by Crippen LogP contribution is 2.17. The van der Waals surface area contributed by atoms with E-state index in [4.69, 9.17) is 0 Å². The maximum atomic E-state index is 11.8. The smallest absolute Gasteiger partial charge is 0.164 e. The van der Waals surface area contributed by atoms with E-state index in [9.17, 15) is 4.79 Å². The minimum absolute atomic E-state index is 0. The van der Waals surface area contributed by atoms with Crippen LogP contribution < -0.4 is 5.32 Å². The average molecular weight is 268 g/mol. The molecule has 1 N–H and O–H groups in total. The van der Waals surface area contributed by atoms with Crippen LogP contribution in [0.4, 0.5) is 0 Å². The second-order valence-electron chi connectivity index (χ2n) is 4.83. The Morgan fingerprint density at radius 3 is 2.44 bits per heavy atom. The number of halogens is 1. The van der Waals surface area contributed by atoms with E-state index in [-0.39, 0.29) is 18.2 Å². The van der Waals surface area contributed by atoms with Crippen LogP contribution in [-0.2, 0) is 0 Å². The predicted molar refractivity (Wildman–Crippen MR) is 77.5 cm³/mol. The minimum atomic E-state index is 0. The van der Waals surface area contributed by atoms with Gasteiger partial charge in [-0.3, -0.25) is 4.79 Å². The second-order valence-corrected chi connectivity index (χ2v) is 4.83. The van der Waals surface area contributed by atoms with E-state index in [1.165, 1.54) is 32.1 Å². The highest BCUT2D eigenvalue weighted by molar-refractivity contribution is 5.96. The van der Waals surface area contributed by atoms with Crippen molar-refractivity contribution in [2.24, 2.45) is 0 Å². The Bertz CT molecular complexity index is 347. The highest BCUT2D eigenvalue weighted by Gasteiger charge is 2.13. The van der Waals surface area contributed by atoms with Gasteiger partial charge in [0.2, 0.25) is 0 Å². The Labute approximate surface area is 116 Å². The number of ketones is 1. The zero-order valence-electron chi connectivity index (χ0n) is 10.7. The van der Waals surface area contributed by atoms with Crippen molar-refractivity contribution in [2.75, 3.05) is 6.54 Å². The first-order chi connectivity index (χ1) is 8.36. The molecule has 0 aromatic heterocycles. The molecule has 0 spiro atoms. The third kappa shape index (κ3) is 4.79. The van der Waals surface area contributed by atoms with Crippen molar-refractivity contribution in [1.29, 1.82) is 0 Å². The van der Waals surface area contributed by atoms with Crippen molar-refractivity contribution in [3.8, 4) is 0 Å². The number of Topliss-reactive ketones (excluding diaryl/α,β-unsaturated/α-hetero) is 1. The Morgan fingerprint density at radius 1 is 1.11 bits per heavy atom. The molecular formula is C15H22ClNO. The predicted octanol–water partition coefficient (Wildman–Crippen LogP) is 3.60. The number of hydrogen-bond donors (Lipinski definition) is 1. The molecule has 0 saturated heterocycles. The van der Waals surface area contributed by atoms with Crippen LogP contribution in [-0.4, -0.2) is 18.4 Å². The fraction of sp³-hybridized carbons (Fsp3) is 0.533. The molecule has 2 nitrogen and oxygen atoms in total. The summed E-state index contributed by atoms with van der Waals surface area (Å²) in [7, 11) is 0. The molecule has 0 unspecified atom stereocenters. The van der Waals surface area contributed by atoms with E-state index < -0.39 is 0 Å². The van der Waals surface area contributed by atoms with Crippen LogP contribution in [0.2, 0.25) is 0 Å². The molecule has 0 aliphatic heterocycles. The van der Waals surface area contributed by atoms with E-state index in [0.29, 0.717) is 12.5 Å². The van der Waals surface area contributed by atoms with E-state index in [1.807, 2.05) is 30.3 Å². The molecule has 1 saturated carbocycles. The molecule has 1 aromatic carbocycles. The van der Waals surface area contributed by atoms with E-state index in [1.54, 1.807) is 0 Å². The molecule has 0 heterocycles. The van der Waals surface area contributed by atoms with Crippen LogP contribution >= 0.6 is 12.4 Å². The van der Waals surface area contributed by atoms with Crippen molar-refractivity contribution < 1.29 is 4.79 Å². The van der Waals surface area contributed by atoms with Gasteiger partial charge in [-0.1, -0.05) is 49.6 Å². The SMILES string of the molecule is Cl.O=C(CCNC1CCCCC1)c1ccccc1.